The van der Waals surface area contributed by atoms with Crippen LogP contribution in [0.25, 0.3) is 0 Å². The molecule has 1 rings (SSSR count). The number of hydrogen-bond acceptors (Lipinski definition) is 2. The van der Waals surface area contributed by atoms with E-state index < -0.39 is 6.10 Å². The quantitative estimate of drug-likeness (QED) is 0.589. The van der Waals surface area contributed by atoms with Gasteiger partial charge in [0.15, 0.2) is 0 Å². The summed E-state index contributed by atoms with van der Waals surface area (Å²) in [4.78, 5) is 0. The SMILES string of the molecule is C#CC(O)c1coc(C)c1. The molecule has 0 aliphatic rings. The first-order valence-electron chi connectivity index (χ1n) is 2.93. The number of aliphatic hydroxyl groups is 1. The van der Waals surface area contributed by atoms with Crippen molar-refractivity contribution in [3.8, 4) is 12.3 Å². The van der Waals surface area contributed by atoms with Crippen LogP contribution in [0.1, 0.15) is 17.4 Å². The van der Waals surface area contributed by atoms with Crippen LogP contribution in [0.5, 0.6) is 0 Å². The van der Waals surface area contributed by atoms with Crippen LogP contribution in [0.4, 0.5) is 0 Å². The van der Waals surface area contributed by atoms with Crippen LogP contribution in [0, 0.1) is 19.3 Å². The fraction of sp³-hybridized carbons (Fsp3) is 0.250. The van der Waals surface area contributed by atoms with Crippen LogP contribution in [0.15, 0.2) is 16.7 Å². The molecular weight excluding hydrogens is 128 g/mol. The molecule has 0 aliphatic carbocycles. The van der Waals surface area contributed by atoms with Crippen molar-refractivity contribution in [1.82, 2.24) is 0 Å². The molecule has 1 atom stereocenters. The van der Waals surface area contributed by atoms with Gasteiger partial charge in [0.2, 0.25) is 0 Å². The molecular formula is C8H8O2. The molecule has 2 heteroatoms. The predicted molar refractivity (Wildman–Crippen MR) is 37.2 cm³/mol. The fourth-order valence-electron chi connectivity index (χ4n) is 0.703. The molecule has 1 unspecified atom stereocenters. The van der Waals surface area contributed by atoms with Crippen LogP contribution in [-0.4, -0.2) is 5.11 Å². The zero-order chi connectivity index (χ0) is 7.56. The van der Waals surface area contributed by atoms with Crippen molar-refractivity contribution in [3.05, 3.63) is 23.7 Å². The van der Waals surface area contributed by atoms with Gasteiger partial charge < -0.3 is 9.52 Å². The summed E-state index contributed by atoms with van der Waals surface area (Å²) in [5.74, 6) is 2.94. The second-order valence-corrected chi connectivity index (χ2v) is 2.06. The molecule has 0 amide bonds. The average molecular weight is 136 g/mol. The minimum atomic E-state index is -0.836. The molecule has 0 aliphatic heterocycles. The molecule has 0 aromatic carbocycles. The van der Waals surface area contributed by atoms with Gasteiger partial charge in [0.1, 0.15) is 11.9 Å². The molecule has 1 aromatic heterocycles. The third kappa shape index (κ3) is 1.20. The monoisotopic (exact) mass is 136 g/mol. The van der Waals surface area contributed by atoms with E-state index in [9.17, 15) is 0 Å². The number of hydrogen-bond donors (Lipinski definition) is 1. The second kappa shape index (κ2) is 2.59. The molecule has 1 N–H and O–H groups in total. The van der Waals surface area contributed by atoms with Crippen LogP contribution >= 0.6 is 0 Å². The van der Waals surface area contributed by atoms with E-state index in [2.05, 4.69) is 5.92 Å². The highest BCUT2D eigenvalue weighted by atomic mass is 16.3. The Kier molecular flexibility index (Phi) is 1.79. The Morgan fingerprint density at radius 1 is 1.80 bits per heavy atom. The first-order chi connectivity index (χ1) is 4.74. The second-order valence-electron chi connectivity index (χ2n) is 2.06. The first kappa shape index (κ1) is 6.91. The van der Waals surface area contributed by atoms with Gasteiger partial charge in [0.05, 0.1) is 6.26 Å². The van der Waals surface area contributed by atoms with Gasteiger partial charge in [-0.15, -0.1) is 6.42 Å². The van der Waals surface area contributed by atoms with Gasteiger partial charge in [0, 0.05) is 5.56 Å². The highest BCUT2D eigenvalue weighted by molar-refractivity contribution is 5.20. The van der Waals surface area contributed by atoms with Crippen molar-refractivity contribution in [1.29, 1.82) is 0 Å². The molecule has 2 nitrogen and oxygen atoms in total. The molecule has 0 saturated heterocycles. The van der Waals surface area contributed by atoms with Gasteiger partial charge in [-0.1, -0.05) is 5.92 Å². The Labute approximate surface area is 59.5 Å². The minimum Gasteiger partial charge on any atom is -0.469 e. The summed E-state index contributed by atoms with van der Waals surface area (Å²) in [5, 5.41) is 9.05. The molecule has 1 heterocycles. The maximum absolute atomic E-state index is 9.05. The highest BCUT2D eigenvalue weighted by Gasteiger charge is 2.04. The molecule has 52 valence electrons. The van der Waals surface area contributed by atoms with Crippen molar-refractivity contribution < 1.29 is 9.52 Å². The van der Waals surface area contributed by atoms with E-state index in [-0.39, 0.29) is 0 Å². The summed E-state index contributed by atoms with van der Waals surface area (Å²) in [6, 6.07) is 1.71. The van der Waals surface area contributed by atoms with E-state index in [0.717, 1.165) is 5.76 Å². The van der Waals surface area contributed by atoms with E-state index in [1.54, 1.807) is 13.0 Å². The van der Waals surface area contributed by atoms with Crippen molar-refractivity contribution in [2.45, 2.75) is 13.0 Å². The standard InChI is InChI=1S/C8H8O2/c1-3-8(9)7-4-6(2)10-5-7/h1,4-5,8-9H,2H3. The summed E-state index contributed by atoms with van der Waals surface area (Å²) in [7, 11) is 0. The molecule has 0 fully saturated rings. The van der Waals surface area contributed by atoms with E-state index in [1.165, 1.54) is 6.26 Å². The number of furan rings is 1. The Hall–Kier alpha value is -1.20. The highest BCUT2D eigenvalue weighted by Crippen LogP contribution is 2.14. The van der Waals surface area contributed by atoms with Gasteiger partial charge >= 0.3 is 0 Å². The summed E-state index contributed by atoms with van der Waals surface area (Å²) in [6.45, 7) is 1.80. The lowest BCUT2D eigenvalue weighted by molar-refractivity contribution is 0.237. The van der Waals surface area contributed by atoms with Gasteiger partial charge in [0.25, 0.3) is 0 Å². The molecule has 0 radical (unpaired) electrons. The zero-order valence-corrected chi connectivity index (χ0v) is 5.66. The fourth-order valence-corrected chi connectivity index (χ4v) is 0.703. The van der Waals surface area contributed by atoms with E-state index >= 15 is 0 Å². The Bertz CT molecular complexity index is 254. The number of aryl methyl sites for hydroxylation is 1. The summed E-state index contributed by atoms with van der Waals surface area (Å²) < 4.78 is 4.93. The number of terminal acetylenes is 1. The molecule has 0 saturated carbocycles. The molecule has 0 spiro atoms. The predicted octanol–water partition coefficient (Wildman–Crippen LogP) is 1.25. The lowest BCUT2D eigenvalue weighted by Gasteiger charge is -1.94. The lowest BCUT2D eigenvalue weighted by Crippen LogP contribution is -1.88. The van der Waals surface area contributed by atoms with Gasteiger partial charge in [-0.2, -0.15) is 0 Å². The lowest BCUT2D eigenvalue weighted by atomic mass is 10.2. The third-order valence-electron chi connectivity index (χ3n) is 1.22. The largest absolute Gasteiger partial charge is 0.469 e. The van der Waals surface area contributed by atoms with Crippen LogP contribution in [0.3, 0.4) is 0 Å². The van der Waals surface area contributed by atoms with Crippen molar-refractivity contribution in [2.24, 2.45) is 0 Å². The van der Waals surface area contributed by atoms with Gasteiger partial charge in [-0.05, 0) is 13.0 Å². The average Bonchev–Trinajstić information content (AvgIpc) is 2.34. The first-order valence-corrected chi connectivity index (χ1v) is 2.93. The normalized spacial score (nSPS) is 12.5. The van der Waals surface area contributed by atoms with Crippen LogP contribution in [-0.2, 0) is 0 Å². The third-order valence-corrected chi connectivity index (χ3v) is 1.22. The molecule has 1 aromatic rings. The minimum absolute atomic E-state index is 0.639. The smallest absolute Gasteiger partial charge is 0.143 e. The van der Waals surface area contributed by atoms with Gasteiger partial charge in [-0.25, -0.2) is 0 Å². The van der Waals surface area contributed by atoms with Crippen LogP contribution < -0.4 is 0 Å². The maximum atomic E-state index is 9.05. The van der Waals surface area contributed by atoms with Crippen LogP contribution in [0.2, 0.25) is 0 Å². The molecule has 10 heavy (non-hydrogen) atoms. The topological polar surface area (TPSA) is 33.4 Å². The zero-order valence-electron chi connectivity index (χ0n) is 5.66. The summed E-state index contributed by atoms with van der Waals surface area (Å²) in [6.07, 6.45) is 5.59. The Balaban J connectivity index is 2.87. The van der Waals surface area contributed by atoms with E-state index in [4.69, 9.17) is 15.9 Å². The number of aliphatic hydroxyl groups excluding tert-OH is 1. The van der Waals surface area contributed by atoms with Crippen molar-refractivity contribution >= 4 is 0 Å². The van der Waals surface area contributed by atoms with E-state index in [0.29, 0.717) is 5.56 Å². The van der Waals surface area contributed by atoms with Crippen molar-refractivity contribution in [3.63, 3.8) is 0 Å². The van der Waals surface area contributed by atoms with E-state index in [1.807, 2.05) is 0 Å². The summed E-state index contributed by atoms with van der Waals surface area (Å²) in [5.41, 5.74) is 0.639. The van der Waals surface area contributed by atoms with Crippen molar-refractivity contribution in [2.75, 3.05) is 0 Å². The Morgan fingerprint density at radius 3 is 2.90 bits per heavy atom. The number of rotatable bonds is 1. The van der Waals surface area contributed by atoms with Gasteiger partial charge in [-0.3, -0.25) is 0 Å². The Morgan fingerprint density at radius 2 is 2.50 bits per heavy atom. The maximum Gasteiger partial charge on any atom is 0.143 e. The summed E-state index contributed by atoms with van der Waals surface area (Å²) >= 11 is 0. The molecule has 0 bridgehead atoms.